The highest BCUT2D eigenvalue weighted by atomic mass is 32.1. The van der Waals surface area contributed by atoms with Crippen molar-refractivity contribution in [2.75, 3.05) is 20.3 Å². The summed E-state index contributed by atoms with van der Waals surface area (Å²) in [7, 11) is 1.37. The van der Waals surface area contributed by atoms with E-state index in [9.17, 15) is 25.5 Å². The van der Waals surface area contributed by atoms with Crippen LogP contribution in [0.3, 0.4) is 0 Å². The monoisotopic (exact) mass is 378 g/mol. The van der Waals surface area contributed by atoms with Gasteiger partial charge in [0.25, 0.3) is 0 Å². The molecule has 11 heteroatoms. The molecule has 0 aromatic carbocycles. The van der Waals surface area contributed by atoms with Crippen molar-refractivity contribution in [3.05, 3.63) is 16.7 Å². The second-order valence-electron chi connectivity index (χ2n) is 6.17. The molecular formula is C14H22N2O8S. The van der Waals surface area contributed by atoms with Crippen molar-refractivity contribution in [3.63, 3.8) is 0 Å². The number of hydrogen-bond donors (Lipinski definition) is 6. The molecule has 0 saturated carbocycles. The van der Waals surface area contributed by atoms with Crippen LogP contribution in [0.5, 0.6) is 0 Å². The molecule has 0 unspecified atom stereocenters. The molecule has 3 rings (SSSR count). The Morgan fingerprint density at radius 2 is 2.00 bits per heavy atom. The number of nitrogens with zero attached hydrogens (tertiary/aromatic N) is 1. The Kier molecular flexibility index (Phi) is 5.58. The van der Waals surface area contributed by atoms with Crippen molar-refractivity contribution in [3.8, 4) is 0 Å². The van der Waals surface area contributed by atoms with E-state index in [1.807, 2.05) is 0 Å². The van der Waals surface area contributed by atoms with E-state index in [0.717, 1.165) is 0 Å². The molecule has 142 valence electrons. The summed E-state index contributed by atoms with van der Waals surface area (Å²) < 4.78 is 17.7. The zero-order valence-corrected chi connectivity index (χ0v) is 14.2. The number of ether oxygens (including phenoxy) is 3. The summed E-state index contributed by atoms with van der Waals surface area (Å²) >= 11 is 5.26. The molecule has 10 nitrogen and oxygen atoms in total. The molecule has 3 heterocycles. The van der Waals surface area contributed by atoms with Crippen LogP contribution in [0, 0.1) is 4.77 Å². The number of aliphatic hydroxyl groups is 5. The molecule has 6 N–H and O–H groups in total. The van der Waals surface area contributed by atoms with Crippen LogP contribution in [0.4, 0.5) is 0 Å². The number of aromatic nitrogens is 2. The average Bonchev–Trinajstić information content (AvgIpc) is 3.13. The Labute approximate surface area is 148 Å². The third kappa shape index (κ3) is 3.27. The van der Waals surface area contributed by atoms with E-state index in [2.05, 4.69) is 4.98 Å². The molecule has 1 aromatic heterocycles. The highest BCUT2D eigenvalue weighted by Crippen LogP contribution is 2.34. The van der Waals surface area contributed by atoms with Crippen LogP contribution in [0.15, 0.2) is 6.20 Å². The van der Waals surface area contributed by atoms with Gasteiger partial charge in [0.1, 0.15) is 42.7 Å². The predicted octanol–water partition coefficient (Wildman–Crippen LogP) is -2.03. The smallest absolute Gasteiger partial charge is 0.181 e. The molecule has 8 atom stereocenters. The van der Waals surface area contributed by atoms with Gasteiger partial charge < -0.3 is 49.3 Å². The van der Waals surface area contributed by atoms with Gasteiger partial charge in [-0.1, -0.05) is 0 Å². The minimum atomic E-state index is -1.34. The van der Waals surface area contributed by atoms with Gasteiger partial charge in [0, 0.05) is 13.3 Å². The Balaban J connectivity index is 1.91. The number of aromatic amines is 1. The molecule has 25 heavy (non-hydrogen) atoms. The summed E-state index contributed by atoms with van der Waals surface area (Å²) in [5.74, 6) is 0. The molecule has 0 spiro atoms. The number of aliphatic hydroxyl groups excluding tert-OH is 5. The first-order chi connectivity index (χ1) is 11.9. The second kappa shape index (κ2) is 7.39. The van der Waals surface area contributed by atoms with Gasteiger partial charge >= 0.3 is 0 Å². The average molecular weight is 378 g/mol. The molecule has 2 aliphatic rings. The first kappa shape index (κ1) is 18.9. The van der Waals surface area contributed by atoms with Crippen LogP contribution in [-0.4, -0.2) is 92.2 Å². The van der Waals surface area contributed by atoms with E-state index < -0.39 is 55.6 Å². The SMILES string of the molecule is CO[C@H]1O[C@H](CO)[C@@H](O)[C@H](O)[C@H]1n1cc([C@@H]2OC[C@@H](O)[C@H]2O)[nH]c1=S. The lowest BCUT2D eigenvalue weighted by Crippen LogP contribution is -2.56. The topological polar surface area (TPSA) is 150 Å². The minimum Gasteiger partial charge on any atom is -0.394 e. The standard InChI is InChI=1S/C14H22N2O8S/c1-22-13-8(11(21)10(20)7(3-17)24-13)16-2-5(15-14(16)25)12-9(19)6(18)4-23-12/h2,6-13,17-21H,3-4H2,1H3,(H,15,25)/t6-,7-,8-,9-,10-,11-,12+,13+/m1/s1. The van der Waals surface area contributed by atoms with E-state index in [-0.39, 0.29) is 11.4 Å². The van der Waals surface area contributed by atoms with E-state index in [0.29, 0.717) is 5.69 Å². The third-order valence-electron chi connectivity index (χ3n) is 4.62. The van der Waals surface area contributed by atoms with Crippen molar-refractivity contribution >= 4 is 12.2 Å². The summed E-state index contributed by atoms with van der Waals surface area (Å²) in [6.07, 6.45) is -6.00. The van der Waals surface area contributed by atoms with Crippen molar-refractivity contribution in [1.82, 2.24) is 9.55 Å². The second-order valence-corrected chi connectivity index (χ2v) is 6.55. The Hall–Kier alpha value is -0.890. The molecule has 1 aromatic rings. The van der Waals surface area contributed by atoms with Crippen LogP contribution >= 0.6 is 12.2 Å². The van der Waals surface area contributed by atoms with E-state index in [1.165, 1.54) is 17.9 Å². The quantitative estimate of drug-likeness (QED) is 0.326. The lowest BCUT2D eigenvalue weighted by atomic mass is 9.97. The maximum atomic E-state index is 10.5. The number of methoxy groups -OCH3 is 1. The number of rotatable bonds is 4. The molecular weight excluding hydrogens is 356 g/mol. The van der Waals surface area contributed by atoms with Crippen LogP contribution in [0.25, 0.3) is 0 Å². The van der Waals surface area contributed by atoms with Crippen molar-refractivity contribution in [2.24, 2.45) is 0 Å². The first-order valence-corrected chi connectivity index (χ1v) is 8.23. The Bertz CT molecular complexity index is 649. The molecule has 0 amide bonds. The van der Waals surface area contributed by atoms with Gasteiger partial charge in [-0.2, -0.15) is 0 Å². The fraction of sp³-hybridized carbons (Fsp3) is 0.786. The Morgan fingerprint density at radius 3 is 2.56 bits per heavy atom. The van der Waals surface area contributed by atoms with Gasteiger partial charge in [-0.05, 0) is 12.2 Å². The van der Waals surface area contributed by atoms with Gasteiger partial charge in [0.15, 0.2) is 11.1 Å². The van der Waals surface area contributed by atoms with Crippen molar-refractivity contribution < 1.29 is 39.7 Å². The normalized spacial score (nSPS) is 42.0. The zero-order chi connectivity index (χ0) is 18.3. The maximum Gasteiger partial charge on any atom is 0.181 e. The summed E-state index contributed by atoms with van der Waals surface area (Å²) in [6, 6.07) is -0.885. The van der Waals surface area contributed by atoms with Gasteiger partial charge in [0.05, 0.1) is 18.9 Å². The molecule has 2 fully saturated rings. The molecule has 0 bridgehead atoms. The largest absolute Gasteiger partial charge is 0.394 e. The number of nitrogens with one attached hydrogen (secondary N) is 1. The van der Waals surface area contributed by atoms with Gasteiger partial charge in [-0.25, -0.2) is 0 Å². The predicted molar refractivity (Wildman–Crippen MR) is 84.1 cm³/mol. The summed E-state index contributed by atoms with van der Waals surface area (Å²) in [6.45, 7) is -0.487. The molecule has 2 saturated heterocycles. The number of H-pyrrole nitrogens is 1. The van der Waals surface area contributed by atoms with E-state index in [1.54, 1.807) is 0 Å². The minimum absolute atomic E-state index is 0.00955. The van der Waals surface area contributed by atoms with Gasteiger partial charge in [-0.15, -0.1) is 0 Å². The fourth-order valence-corrected chi connectivity index (χ4v) is 3.52. The van der Waals surface area contributed by atoms with Crippen LogP contribution in [0.1, 0.15) is 17.8 Å². The van der Waals surface area contributed by atoms with Crippen molar-refractivity contribution in [1.29, 1.82) is 0 Å². The first-order valence-electron chi connectivity index (χ1n) is 7.83. The highest BCUT2D eigenvalue weighted by Gasteiger charge is 2.46. The number of imidazole rings is 1. The van der Waals surface area contributed by atoms with Gasteiger partial charge in [-0.3, -0.25) is 0 Å². The Morgan fingerprint density at radius 1 is 1.28 bits per heavy atom. The number of hydrogen-bond acceptors (Lipinski definition) is 9. The fourth-order valence-electron chi connectivity index (χ4n) is 3.23. The lowest BCUT2D eigenvalue weighted by Gasteiger charge is -2.41. The molecule has 0 aliphatic carbocycles. The van der Waals surface area contributed by atoms with E-state index in [4.69, 9.17) is 26.4 Å². The van der Waals surface area contributed by atoms with Crippen LogP contribution < -0.4 is 0 Å². The zero-order valence-electron chi connectivity index (χ0n) is 13.4. The molecule has 2 aliphatic heterocycles. The third-order valence-corrected chi connectivity index (χ3v) is 4.94. The summed E-state index contributed by atoms with van der Waals surface area (Å²) in [4.78, 5) is 2.87. The van der Waals surface area contributed by atoms with E-state index >= 15 is 0 Å². The highest BCUT2D eigenvalue weighted by molar-refractivity contribution is 7.71. The van der Waals surface area contributed by atoms with Crippen molar-refractivity contribution in [2.45, 2.75) is 49.0 Å². The summed E-state index contributed by atoms with van der Waals surface area (Å²) in [5, 5.41) is 49.4. The van der Waals surface area contributed by atoms with Gasteiger partial charge in [0.2, 0.25) is 0 Å². The van der Waals surface area contributed by atoms with Crippen LogP contribution in [-0.2, 0) is 14.2 Å². The van der Waals surface area contributed by atoms with Crippen LogP contribution in [0.2, 0.25) is 0 Å². The maximum absolute atomic E-state index is 10.5. The lowest BCUT2D eigenvalue weighted by molar-refractivity contribution is -0.272. The molecule has 0 radical (unpaired) electrons. The summed E-state index contributed by atoms with van der Waals surface area (Å²) in [5.41, 5.74) is 0.412.